The monoisotopic (exact) mass is 572 g/mol. The molecule has 0 aliphatic rings. The number of rotatable bonds is 15. The predicted octanol–water partition coefficient (Wildman–Crippen LogP) is -0.654. The molecular weight excluding hydrogens is 520 g/mol. The van der Waals surface area contributed by atoms with Crippen LogP contribution in [0.2, 0.25) is 0 Å². The van der Waals surface area contributed by atoms with Crippen LogP contribution < -0.4 is 27.0 Å². The summed E-state index contributed by atoms with van der Waals surface area (Å²) in [6.45, 7) is 12.5. The van der Waals surface area contributed by atoms with Crippen molar-refractivity contribution in [3.05, 3.63) is 0 Å². The minimum atomic E-state index is -1.85. The topological polar surface area (TPSA) is 203 Å². The Bertz CT molecular complexity index is 864. The van der Waals surface area contributed by atoms with E-state index < -0.39 is 71.3 Å². The molecule has 0 aliphatic carbocycles. The number of carbonyl (C=O) groups is 5. The molecular formula is C27H52N6O7. The number of nitrogens with two attached hydrogens (primary N) is 1. The smallest absolute Gasteiger partial charge is 0.243 e. The Morgan fingerprint density at radius 2 is 1.25 bits per heavy atom. The maximum absolute atomic E-state index is 13.5. The van der Waals surface area contributed by atoms with Crippen molar-refractivity contribution in [1.82, 2.24) is 26.2 Å². The van der Waals surface area contributed by atoms with E-state index in [9.17, 15) is 34.2 Å². The normalized spacial score (nSPS) is 14.9. The zero-order valence-corrected chi connectivity index (χ0v) is 25.6. The summed E-state index contributed by atoms with van der Waals surface area (Å²) >= 11 is 0. The lowest BCUT2D eigenvalue weighted by Crippen LogP contribution is -2.62. The first-order valence-electron chi connectivity index (χ1n) is 13.7. The first kappa shape index (κ1) is 37.2. The number of aliphatic hydroxyl groups is 2. The number of nitrogens with one attached hydrogen (secondary N) is 4. The highest BCUT2D eigenvalue weighted by molar-refractivity contribution is 5.96. The van der Waals surface area contributed by atoms with E-state index in [0.29, 0.717) is 13.0 Å². The van der Waals surface area contributed by atoms with Gasteiger partial charge in [-0.2, -0.15) is 0 Å². The number of nitrogens with zero attached hydrogens (tertiary/aromatic N) is 1. The van der Waals surface area contributed by atoms with Crippen LogP contribution >= 0.6 is 0 Å². The fourth-order valence-electron chi connectivity index (χ4n) is 3.64. The van der Waals surface area contributed by atoms with Gasteiger partial charge in [0.1, 0.15) is 18.1 Å². The summed E-state index contributed by atoms with van der Waals surface area (Å²) in [4.78, 5) is 66.0. The summed E-state index contributed by atoms with van der Waals surface area (Å²) in [5.41, 5.74) is 3.99. The van der Waals surface area contributed by atoms with Crippen molar-refractivity contribution in [2.75, 3.05) is 20.6 Å². The molecule has 232 valence electrons. The third-order valence-corrected chi connectivity index (χ3v) is 6.28. The second kappa shape index (κ2) is 16.5. The maximum Gasteiger partial charge on any atom is 0.243 e. The molecule has 13 heteroatoms. The quantitative estimate of drug-likeness (QED) is 0.0989. The van der Waals surface area contributed by atoms with Gasteiger partial charge in [-0.05, 0) is 37.1 Å². The van der Waals surface area contributed by atoms with E-state index in [2.05, 4.69) is 21.3 Å². The van der Waals surface area contributed by atoms with Crippen LogP contribution in [0.5, 0.6) is 0 Å². The highest BCUT2D eigenvalue weighted by Crippen LogP contribution is 2.23. The lowest BCUT2D eigenvalue weighted by atomic mass is 9.83. The van der Waals surface area contributed by atoms with Crippen molar-refractivity contribution in [3.63, 3.8) is 0 Å². The largest absolute Gasteiger partial charge is 0.366 e. The molecule has 8 N–H and O–H groups in total. The van der Waals surface area contributed by atoms with Crippen molar-refractivity contribution >= 4 is 29.5 Å². The van der Waals surface area contributed by atoms with Crippen LogP contribution in [0.15, 0.2) is 0 Å². The van der Waals surface area contributed by atoms with E-state index in [1.54, 1.807) is 41.5 Å². The molecule has 0 aromatic carbocycles. The highest BCUT2D eigenvalue weighted by Gasteiger charge is 2.40. The fraction of sp³-hybridized carbons (Fsp3) is 0.815. The SMILES string of the molecule is C[C@H](NC(=O)[C@H](CC(=O)N(C)C)NC(=O)[C@@H](NC(=O)[C@@H](NC(=O)CCCCCN)C(C)(C)C)C(C)(C)C)C(O)O. The standard InChI is InChI=1S/C27H52N6O7/c1-16(25(39)40)29-22(36)17(15-19(35)33(8)9)30-23(37)21(27(5,6)7)32-24(38)20(26(2,3)4)31-18(34)13-11-10-12-14-28/h16-17,20-21,25,39-40H,10-15,28H2,1-9H3,(H,29,36)(H,30,37)(H,31,34)(H,32,38)/t16-,17-,20+,21+/m0/s1. The molecule has 0 saturated heterocycles. The molecule has 4 atom stereocenters. The Morgan fingerprint density at radius 1 is 0.750 bits per heavy atom. The highest BCUT2D eigenvalue weighted by atomic mass is 16.5. The molecule has 0 aliphatic heterocycles. The second-order valence-corrected chi connectivity index (χ2v) is 12.5. The molecule has 0 heterocycles. The number of aliphatic hydroxyl groups excluding tert-OH is 1. The molecule has 0 fully saturated rings. The van der Waals surface area contributed by atoms with Gasteiger partial charge < -0.3 is 42.1 Å². The lowest BCUT2D eigenvalue weighted by Gasteiger charge is -2.36. The van der Waals surface area contributed by atoms with E-state index >= 15 is 0 Å². The van der Waals surface area contributed by atoms with Gasteiger partial charge in [0.25, 0.3) is 0 Å². The Hall–Kier alpha value is -2.77. The molecule has 5 amide bonds. The molecule has 0 radical (unpaired) electrons. The van der Waals surface area contributed by atoms with E-state index in [-0.39, 0.29) is 12.3 Å². The number of hydrogen-bond donors (Lipinski definition) is 7. The lowest BCUT2D eigenvalue weighted by molar-refractivity contribution is -0.139. The average Bonchev–Trinajstić information content (AvgIpc) is 2.81. The van der Waals surface area contributed by atoms with Crippen molar-refractivity contribution in [3.8, 4) is 0 Å². The molecule has 40 heavy (non-hydrogen) atoms. The van der Waals surface area contributed by atoms with E-state index in [1.165, 1.54) is 25.9 Å². The molecule has 0 saturated carbocycles. The van der Waals surface area contributed by atoms with Crippen LogP contribution in [-0.2, 0) is 24.0 Å². The fourth-order valence-corrected chi connectivity index (χ4v) is 3.64. The minimum absolute atomic E-state index is 0.237. The molecule has 0 aromatic heterocycles. The van der Waals surface area contributed by atoms with Crippen LogP contribution in [0, 0.1) is 10.8 Å². The van der Waals surface area contributed by atoms with E-state index in [0.717, 1.165) is 12.8 Å². The first-order chi connectivity index (χ1) is 18.2. The molecule has 0 spiro atoms. The van der Waals surface area contributed by atoms with Gasteiger partial charge in [0.2, 0.25) is 29.5 Å². The van der Waals surface area contributed by atoms with Gasteiger partial charge in [-0.15, -0.1) is 0 Å². The third kappa shape index (κ3) is 13.5. The van der Waals surface area contributed by atoms with Crippen molar-refractivity contribution in [1.29, 1.82) is 0 Å². The Balaban J connectivity index is 5.89. The number of hydrogen-bond acceptors (Lipinski definition) is 8. The van der Waals surface area contributed by atoms with Gasteiger partial charge in [-0.1, -0.05) is 48.0 Å². The number of amides is 5. The number of carbonyl (C=O) groups excluding carboxylic acids is 5. The zero-order chi connectivity index (χ0) is 31.4. The van der Waals surface area contributed by atoms with Gasteiger partial charge in [0.05, 0.1) is 12.5 Å². The third-order valence-electron chi connectivity index (χ3n) is 6.28. The summed E-state index contributed by atoms with van der Waals surface area (Å²) in [7, 11) is 2.99. The Morgan fingerprint density at radius 3 is 1.70 bits per heavy atom. The van der Waals surface area contributed by atoms with Gasteiger partial charge in [0, 0.05) is 20.5 Å². The molecule has 0 unspecified atom stereocenters. The summed E-state index contributed by atoms with van der Waals surface area (Å²) < 4.78 is 0. The van der Waals surface area contributed by atoms with E-state index in [4.69, 9.17) is 5.73 Å². The molecule has 0 aromatic rings. The second-order valence-electron chi connectivity index (χ2n) is 12.5. The van der Waals surface area contributed by atoms with Gasteiger partial charge in [-0.25, -0.2) is 0 Å². The van der Waals surface area contributed by atoms with Crippen LogP contribution in [0.4, 0.5) is 0 Å². The molecule has 0 bridgehead atoms. The van der Waals surface area contributed by atoms with Crippen LogP contribution in [0.25, 0.3) is 0 Å². The van der Waals surface area contributed by atoms with Crippen molar-refractivity contribution in [2.24, 2.45) is 16.6 Å². The van der Waals surface area contributed by atoms with Gasteiger partial charge >= 0.3 is 0 Å². The molecule has 13 nitrogen and oxygen atoms in total. The summed E-state index contributed by atoms with van der Waals surface area (Å²) in [6, 6.07) is -4.51. The van der Waals surface area contributed by atoms with Gasteiger partial charge in [-0.3, -0.25) is 24.0 Å². The number of unbranched alkanes of at least 4 members (excludes halogenated alkanes) is 2. The Kier molecular flexibility index (Phi) is 15.3. The zero-order valence-electron chi connectivity index (χ0n) is 25.6. The van der Waals surface area contributed by atoms with E-state index in [1.807, 2.05) is 0 Å². The first-order valence-corrected chi connectivity index (χ1v) is 13.7. The summed E-state index contributed by atoms with van der Waals surface area (Å²) in [5, 5.41) is 29.1. The van der Waals surface area contributed by atoms with Crippen LogP contribution in [0.1, 0.15) is 80.6 Å². The minimum Gasteiger partial charge on any atom is -0.366 e. The van der Waals surface area contributed by atoms with Crippen LogP contribution in [-0.4, -0.2) is 95.7 Å². The van der Waals surface area contributed by atoms with Gasteiger partial charge in [0.15, 0.2) is 6.29 Å². The summed E-state index contributed by atoms with van der Waals surface area (Å²) in [6.07, 6.45) is 0.225. The predicted molar refractivity (Wildman–Crippen MR) is 151 cm³/mol. The Labute approximate surface area is 238 Å². The average molecular weight is 573 g/mol. The van der Waals surface area contributed by atoms with Crippen molar-refractivity contribution in [2.45, 2.75) is 111 Å². The maximum atomic E-state index is 13.5. The molecule has 0 rings (SSSR count). The van der Waals surface area contributed by atoms with Crippen LogP contribution in [0.3, 0.4) is 0 Å². The van der Waals surface area contributed by atoms with Crippen molar-refractivity contribution < 1.29 is 34.2 Å². The summed E-state index contributed by atoms with van der Waals surface area (Å²) in [5.74, 6) is -2.82.